The van der Waals surface area contributed by atoms with Gasteiger partial charge >= 0.3 is 6.09 Å². The number of ether oxygens (including phenoxy) is 1. The lowest BCUT2D eigenvalue weighted by Crippen LogP contribution is -2.36. The van der Waals surface area contributed by atoms with Crippen LogP contribution in [-0.2, 0) is 11.3 Å². The molecule has 0 bridgehead atoms. The molecule has 17 heavy (non-hydrogen) atoms. The second-order valence-electron chi connectivity index (χ2n) is 4.90. The lowest BCUT2D eigenvalue weighted by atomic mass is 10.2. The van der Waals surface area contributed by atoms with Crippen molar-refractivity contribution in [1.82, 2.24) is 5.32 Å². The number of hydrogen-bond acceptors (Lipinski definition) is 2. The van der Waals surface area contributed by atoms with Crippen molar-refractivity contribution in [3.05, 3.63) is 30.6 Å². The van der Waals surface area contributed by atoms with Gasteiger partial charge < -0.3 is 10.1 Å². The molecule has 0 radical (unpaired) electrons. The van der Waals surface area contributed by atoms with Crippen LogP contribution in [0.25, 0.3) is 0 Å². The second kappa shape index (κ2) is 6.23. The maximum atomic E-state index is 11.3. The molecule has 1 N–H and O–H groups in total. The Bertz CT molecular complexity index is 344. The van der Waals surface area contributed by atoms with Crippen LogP contribution >= 0.6 is 0 Å². The molecular formula is C13H21N2O2+. The molecule has 0 aliphatic rings. The van der Waals surface area contributed by atoms with Crippen LogP contribution < -0.4 is 9.88 Å². The lowest BCUT2D eigenvalue weighted by Gasteiger charge is -2.19. The summed E-state index contributed by atoms with van der Waals surface area (Å²) in [6, 6.07) is 5.96. The van der Waals surface area contributed by atoms with E-state index in [9.17, 15) is 4.79 Å². The number of nitrogens with one attached hydrogen (secondary N) is 1. The molecule has 4 heteroatoms. The van der Waals surface area contributed by atoms with Gasteiger partial charge in [0.15, 0.2) is 12.4 Å². The Morgan fingerprint density at radius 2 is 1.88 bits per heavy atom. The third-order valence-corrected chi connectivity index (χ3v) is 2.04. The van der Waals surface area contributed by atoms with Gasteiger partial charge in [-0.2, -0.15) is 0 Å². The molecule has 0 spiro atoms. The van der Waals surface area contributed by atoms with E-state index in [1.807, 2.05) is 51.4 Å². The molecule has 1 aromatic rings. The van der Waals surface area contributed by atoms with Gasteiger partial charge in [-0.05, 0) is 20.8 Å². The number of amides is 1. The van der Waals surface area contributed by atoms with E-state index in [4.69, 9.17) is 4.74 Å². The van der Waals surface area contributed by atoms with Crippen LogP contribution in [0.5, 0.6) is 0 Å². The molecule has 1 aromatic heterocycles. The predicted molar refractivity (Wildman–Crippen MR) is 65.5 cm³/mol. The predicted octanol–water partition coefficient (Wildman–Crippen LogP) is 1.89. The molecule has 1 rings (SSSR count). The van der Waals surface area contributed by atoms with Crippen molar-refractivity contribution in [3.8, 4) is 0 Å². The number of nitrogens with zero attached hydrogens (tertiary/aromatic N) is 1. The number of rotatable bonds is 4. The van der Waals surface area contributed by atoms with Gasteiger partial charge in [-0.3, -0.25) is 0 Å². The van der Waals surface area contributed by atoms with Gasteiger partial charge in [-0.15, -0.1) is 0 Å². The molecule has 1 heterocycles. The number of pyridine rings is 1. The summed E-state index contributed by atoms with van der Waals surface area (Å²) < 4.78 is 7.21. The van der Waals surface area contributed by atoms with Crippen molar-refractivity contribution in [3.63, 3.8) is 0 Å². The van der Waals surface area contributed by atoms with Crippen molar-refractivity contribution in [2.24, 2.45) is 0 Å². The Hall–Kier alpha value is -1.58. The Labute approximate surface area is 103 Å². The van der Waals surface area contributed by atoms with Crippen molar-refractivity contribution in [1.29, 1.82) is 0 Å². The van der Waals surface area contributed by atoms with E-state index in [0.29, 0.717) is 6.54 Å². The highest BCUT2D eigenvalue weighted by atomic mass is 16.6. The summed E-state index contributed by atoms with van der Waals surface area (Å²) in [4.78, 5) is 11.3. The molecule has 0 unspecified atom stereocenters. The number of aryl methyl sites for hydroxylation is 1. The summed E-state index contributed by atoms with van der Waals surface area (Å²) in [6.45, 7) is 7.07. The third-order valence-electron chi connectivity index (χ3n) is 2.04. The quantitative estimate of drug-likeness (QED) is 0.642. The van der Waals surface area contributed by atoms with E-state index < -0.39 is 5.60 Å². The fourth-order valence-corrected chi connectivity index (χ4v) is 1.35. The van der Waals surface area contributed by atoms with Crippen molar-refractivity contribution < 1.29 is 14.1 Å². The first-order valence-corrected chi connectivity index (χ1v) is 5.88. The highest BCUT2D eigenvalue weighted by molar-refractivity contribution is 5.67. The van der Waals surface area contributed by atoms with Gasteiger partial charge in [-0.25, -0.2) is 9.36 Å². The fraction of sp³-hybridized carbons (Fsp3) is 0.538. The molecule has 1 amide bonds. The van der Waals surface area contributed by atoms with Crippen molar-refractivity contribution in [2.75, 3.05) is 6.54 Å². The van der Waals surface area contributed by atoms with Gasteiger partial charge in [0.25, 0.3) is 0 Å². The van der Waals surface area contributed by atoms with E-state index in [2.05, 4.69) is 9.88 Å². The molecule has 94 valence electrons. The molecule has 0 saturated heterocycles. The Balaban J connectivity index is 2.14. The maximum Gasteiger partial charge on any atom is 0.407 e. The lowest BCUT2D eigenvalue weighted by molar-refractivity contribution is -0.697. The highest BCUT2D eigenvalue weighted by Gasteiger charge is 2.15. The largest absolute Gasteiger partial charge is 0.444 e. The van der Waals surface area contributed by atoms with Crippen LogP contribution in [0.15, 0.2) is 30.6 Å². The Morgan fingerprint density at radius 3 is 2.47 bits per heavy atom. The van der Waals surface area contributed by atoms with Gasteiger partial charge in [-0.1, -0.05) is 6.07 Å². The smallest absolute Gasteiger partial charge is 0.407 e. The first-order valence-electron chi connectivity index (χ1n) is 5.88. The number of aromatic nitrogens is 1. The minimum Gasteiger partial charge on any atom is -0.444 e. The number of carbonyl (C=O) groups is 1. The van der Waals surface area contributed by atoms with Crippen LogP contribution in [0, 0.1) is 0 Å². The topological polar surface area (TPSA) is 42.2 Å². The molecule has 0 atom stereocenters. The minimum absolute atomic E-state index is 0.351. The maximum absolute atomic E-state index is 11.3. The molecule has 0 aromatic carbocycles. The molecule has 4 nitrogen and oxygen atoms in total. The molecular weight excluding hydrogens is 216 g/mol. The monoisotopic (exact) mass is 237 g/mol. The van der Waals surface area contributed by atoms with E-state index in [1.165, 1.54) is 0 Å². The highest BCUT2D eigenvalue weighted by Crippen LogP contribution is 2.06. The Morgan fingerprint density at radius 1 is 1.24 bits per heavy atom. The summed E-state index contributed by atoms with van der Waals surface area (Å²) in [6.07, 6.45) is 4.55. The van der Waals surface area contributed by atoms with E-state index >= 15 is 0 Å². The van der Waals surface area contributed by atoms with Crippen LogP contribution in [-0.4, -0.2) is 18.2 Å². The standard InChI is InChI=1S/C13H20N2O2/c1-13(2,3)17-12(16)14-8-7-11-15-9-5-4-6-10-15/h4-6,9-10H,7-8,11H2,1-3H3/p+1. The molecule has 0 aliphatic heterocycles. The first kappa shape index (κ1) is 13.5. The summed E-state index contributed by atoms with van der Waals surface area (Å²) in [5, 5.41) is 2.73. The van der Waals surface area contributed by atoms with Crippen LogP contribution in [0.2, 0.25) is 0 Å². The normalized spacial score (nSPS) is 11.0. The average Bonchev–Trinajstić information content (AvgIpc) is 2.23. The van der Waals surface area contributed by atoms with E-state index in [0.717, 1.165) is 13.0 Å². The SMILES string of the molecule is CC(C)(C)OC(=O)NCCC[n+]1ccccc1. The first-order chi connectivity index (χ1) is 7.97. The molecule has 0 aliphatic carbocycles. The van der Waals surface area contributed by atoms with Gasteiger partial charge in [0.05, 0.1) is 0 Å². The second-order valence-corrected chi connectivity index (χ2v) is 4.90. The van der Waals surface area contributed by atoms with Crippen LogP contribution in [0.1, 0.15) is 27.2 Å². The van der Waals surface area contributed by atoms with Crippen LogP contribution in [0.3, 0.4) is 0 Å². The summed E-state index contributed by atoms with van der Waals surface area (Å²) >= 11 is 0. The van der Waals surface area contributed by atoms with Gasteiger partial charge in [0, 0.05) is 25.1 Å². The van der Waals surface area contributed by atoms with Crippen molar-refractivity contribution >= 4 is 6.09 Å². The molecule has 0 saturated carbocycles. The Kier molecular flexibility index (Phi) is 4.94. The van der Waals surface area contributed by atoms with Gasteiger partial charge in [0.2, 0.25) is 0 Å². The van der Waals surface area contributed by atoms with Gasteiger partial charge in [0.1, 0.15) is 12.1 Å². The average molecular weight is 237 g/mol. The zero-order valence-corrected chi connectivity index (χ0v) is 10.8. The molecule has 0 fully saturated rings. The van der Waals surface area contributed by atoms with E-state index in [-0.39, 0.29) is 6.09 Å². The van der Waals surface area contributed by atoms with E-state index in [1.54, 1.807) is 0 Å². The third kappa shape index (κ3) is 6.56. The summed E-state index contributed by atoms with van der Waals surface area (Å²) in [5.41, 5.74) is -0.432. The van der Waals surface area contributed by atoms with Crippen LogP contribution in [0.4, 0.5) is 4.79 Å². The zero-order chi connectivity index (χ0) is 12.7. The minimum atomic E-state index is -0.432. The van der Waals surface area contributed by atoms with Crippen molar-refractivity contribution in [2.45, 2.75) is 39.3 Å². The number of hydrogen-bond donors (Lipinski definition) is 1. The number of alkyl carbamates (subject to hydrolysis) is 1. The zero-order valence-electron chi connectivity index (χ0n) is 10.8. The number of carbonyl (C=O) groups excluding carboxylic acids is 1. The summed E-state index contributed by atoms with van der Waals surface area (Å²) in [5.74, 6) is 0. The summed E-state index contributed by atoms with van der Waals surface area (Å²) in [7, 11) is 0. The fourth-order valence-electron chi connectivity index (χ4n) is 1.35.